The molecule has 0 aliphatic carbocycles. The largest absolute Gasteiger partial charge is 0.231 e. The van der Waals surface area contributed by atoms with Gasteiger partial charge in [0.15, 0.2) is 5.69 Å². The van der Waals surface area contributed by atoms with E-state index in [9.17, 15) is 0 Å². The second-order valence-electron chi connectivity index (χ2n) is 7.94. The van der Waals surface area contributed by atoms with Crippen LogP contribution >= 0.6 is 11.3 Å². The third kappa shape index (κ3) is 3.06. The van der Waals surface area contributed by atoms with E-state index < -0.39 is 0 Å². The van der Waals surface area contributed by atoms with Gasteiger partial charge in [-0.25, -0.2) is 0 Å². The number of hydrogen-bond donors (Lipinski definition) is 0. The first-order valence-corrected chi connectivity index (χ1v) is 8.52. The molecule has 1 aromatic carbocycles. The minimum Gasteiger partial charge on any atom is -0.154 e. The zero-order chi connectivity index (χ0) is 16.0. The van der Waals surface area contributed by atoms with Gasteiger partial charge in [-0.15, -0.1) is 0 Å². The van der Waals surface area contributed by atoms with Crippen molar-refractivity contribution in [3.63, 3.8) is 0 Å². The molecule has 1 heterocycles. The van der Waals surface area contributed by atoms with E-state index >= 15 is 0 Å². The molecule has 2 aromatic rings. The molecule has 0 atom stereocenters. The number of thiazole rings is 1. The molecule has 1 nitrogen and oxygen atoms in total. The van der Waals surface area contributed by atoms with E-state index in [1.54, 1.807) is 0 Å². The van der Waals surface area contributed by atoms with Crippen LogP contribution in [0.2, 0.25) is 0 Å². The summed E-state index contributed by atoms with van der Waals surface area (Å²) in [5, 5.41) is 0. The van der Waals surface area contributed by atoms with Crippen molar-refractivity contribution in [3.8, 4) is 5.69 Å². The molecule has 0 amide bonds. The first-order valence-electron chi connectivity index (χ1n) is 7.64. The number of para-hydroxylation sites is 1. The zero-order valence-electron chi connectivity index (χ0n) is 14.7. The number of hydrogen-bond acceptors (Lipinski definition) is 1. The van der Waals surface area contributed by atoms with Gasteiger partial charge in [0, 0.05) is 18.1 Å². The standard InChI is InChI=1S/C19H28NS/c1-13-14(2)21-12-20(13)17-15(18(3,4)5)10-9-11-16(17)19(6,7)8/h9-12H,1-8H3/q+1. The Labute approximate surface area is 133 Å². The van der Waals surface area contributed by atoms with Crippen molar-refractivity contribution in [2.75, 3.05) is 0 Å². The molecule has 2 heteroatoms. The van der Waals surface area contributed by atoms with Gasteiger partial charge in [-0.1, -0.05) is 71.1 Å². The first kappa shape index (κ1) is 16.2. The molecule has 1 aromatic heterocycles. The highest BCUT2D eigenvalue weighted by Gasteiger charge is 2.32. The van der Waals surface area contributed by atoms with E-state index in [0.29, 0.717) is 0 Å². The van der Waals surface area contributed by atoms with E-state index in [1.807, 2.05) is 11.3 Å². The van der Waals surface area contributed by atoms with Gasteiger partial charge in [0.25, 0.3) is 0 Å². The maximum atomic E-state index is 2.39. The molecule has 0 N–H and O–H groups in total. The van der Waals surface area contributed by atoms with Crippen molar-refractivity contribution in [1.82, 2.24) is 0 Å². The Bertz CT molecular complexity index is 619. The molecule has 0 spiro atoms. The lowest BCUT2D eigenvalue weighted by molar-refractivity contribution is -0.598. The van der Waals surface area contributed by atoms with Crippen LogP contribution in [0, 0.1) is 13.8 Å². The van der Waals surface area contributed by atoms with Crippen molar-refractivity contribution < 1.29 is 4.57 Å². The van der Waals surface area contributed by atoms with Crippen LogP contribution in [-0.4, -0.2) is 0 Å². The summed E-state index contributed by atoms with van der Waals surface area (Å²) in [5.74, 6) is 0. The Morgan fingerprint density at radius 2 is 1.33 bits per heavy atom. The summed E-state index contributed by atoms with van der Waals surface area (Å²) in [6.07, 6.45) is 0. The van der Waals surface area contributed by atoms with Crippen LogP contribution in [0.3, 0.4) is 0 Å². The number of nitrogens with zero attached hydrogens (tertiary/aromatic N) is 1. The summed E-state index contributed by atoms with van der Waals surface area (Å²) in [5.41, 5.74) is 8.07. The van der Waals surface area contributed by atoms with Crippen LogP contribution in [0.1, 0.15) is 63.2 Å². The number of aryl methyl sites for hydroxylation is 1. The monoisotopic (exact) mass is 302 g/mol. The molecule has 0 aliphatic heterocycles. The van der Waals surface area contributed by atoms with Crippen LogP contribution in [0.15, 0.2) is 23.7 Å². The SMILES string of the molecule is Cc1sc[n+](-c2c(C(C)(C)C)cccc2C(C)(C)C)c1C. The average Bonchev–Trinajstić information content (AvgIpc) is 2.67. The molecule has 0 bridgehead atoms. The molecule has 21 heavy (non-hydrogen) atoms. The molecular formula is C19H28NS+. The Morgan fingerprint density at radius 1 is 0.857 bits per heavy atom. The fourth-order valence-electron chi connectivity index (χ4n) is 2.70. The van der Waals surface area contributed by atoms with E-state index in [1.165, 1.54) is 27.4 Å². The summed E-state index contributed by atoms with van der Waals surface area (Å²) in [4.78, 5) is 1.39. The normalized spacial score (nSPS) is 12.8. The van der Waals surface area contributed by atoms with Crippen molar-refractivity contribution >= 4 is 11.3 Å². The predicted molar refractivity (Wildman–Crippen MR) is 92.7 cm³/mol. The molecule has 0 saturated carbocycles. The van der Waals surface area contributed by atoms with Gasteiger partial charge < -0.3 is 0 Å². The second-order valence-corrected chi connectivity index (χ2v) is 9.00. The Kier molecular flexibility index (Phi) is 4.05. The third-order valence-electron chi connectivity index (χ3n) is 4.10. The molecule has 2 rings (SSSR count). The smallest absolute Gasteiger partial charge is 0.154 e. The van der Waals surface area contributed by atoms with E-state index in [-0.39, 0.29) is 10.8 Å². The van der Waals surface area contributed by atoms with Crippen molar-refractivity contribution in [3.05, 3.63) is 45.4 Å². The molecule has 0 radical (unpaired) electrons. The lowest BCUT2D eigenvalue weighted by Crippen LogP contribution is -2.38. The summed E-state index contributed by atoms with van der Waals surface area (Å²) in [6.45, 7) is 18.2. The molecule has 0 unspecified atom stereocenters. The van der Waals surface area contributed by atoms with Crippen LogP contribution in [0.25, 0.3) is 5.69 Å². The number of benzene rings is 1. The molecule has 0 saturated heterocycles. The lowest BCUT2D eigenvalue weighted by atomic mass is 9.78. The van der Waals surface area contributed by atoms with Crippen LogP contribution in [0.4, 0.5) is 0 Å². The van der Waals surface area contributed by atoms with Gasteiger partial charge >= 0.3 is 0 Å². The minimum absolute atomic E-state index is 0.131. The van der Waals surface area contributed by atoms with Crippen molar-refractivity contribution in [2.45, 2.75) is 66.2 Å². The molecule has 0 aliphatic rings. The maximum absolute atomic E-state index is 2.39. The second kappa shape index (κ2) is 5.24. The van der Waals surface area contributed by atoms with Gasteiger partial charge in [0.2, 0.25) is 11.2 Å². The van der Waals surface area contributed by atoms with E-state index in [4.69, 9.17) is 0 Å². The fraction of sp³-hybridized carbons (Fsp3) is 0.526. The van der Waals surface area contributed by atoms with Crippen LogP contribution in [0.5, 0.6) is 0 Å². The molecule has 114 valence electrons. The predicted octanol–water partition coefficient (Wildman–Crippen LogP) is 5.24. The van der Waals surface area contributed by atoms with Crippen LogP contribution in [-0.2, 0) is 10.8 Å². The highest BCUT2D eigenvalue weighted by molar-refractivity contribution is 7.09. The van der Waals surface area contributed by atoms with Gasteiger partial charge in [-0.05, 0) is 17.8 Å². The third-order valence-corrected chi connectivity index (χ3v) is 5.06. The Balaban J connectivity index is 2.86. The summed E-state index contributed by atoms with van der Waals surface area (Å²) < 4.78 is 2.39. The average molecular weight is 303 g/mol. The Morgan fingerprint density at radius 3 is 1.67 bits per heavy atom. The van der Waals surface area contributed by atoms with Gasteiger partial charge in [0.05, 0.1) is 4.88 Å². The van der Waals surface area contributed by atoms with E-state index in [2.05, 4.69) is 83.7 Å². The van der Waals surface area contributed by atoms with E-state index in [0.717, 1.165) is 0 Å². The fourth-order valence-corrected chi connectivity index (χ4v) is 3.50. The summed E-state index contributed by atoms with van der Waals surface area (Å²) >= 11 is 1.83. The highest BCUT2D eigenvalue weighted by Crippen LogP contribution is 2.34. The zero-order valence-corrected chi connectivity index (χ0v) is 15.5. The Hall–Kier alpha value is -1.15. The first-order chi connectivity index (χ1) is 9.53. The maximum Gasteiger partial charge on any atom is 0.231 e. The highest BCUT2D eigenvalue weighted by atomic mass is 32.1. The van der Waals surface area contributed by atoms with Crippen molar-refractivity contribution in [1.29, 1.82) is 0 Å². The van der Waals surface area contributed by atoms with Gasteiger partial charge in [-0.3, -0.25) is 0 Å². The minimum atomic E-state index is 0.131. The molecular weight excluding hydrogens is 274 g/mol. The number of rotatable bonds is 1. The van der Waals surface area contributed by atoms with Crippen molar-refractivity contribution in [2.24, 2.45) is 0 Å². The quantitative estimate of drug-likeness (QED) is 0.635. The summed E-state index contributed by atoms with van der Waals surface area (Å²) in [7, 11) is 0. The lowest BCUT2D eigenvalue weighted by Gasteiger charge is -2.26. The van der Waals surface area contributed by atoms with Crippen LogP contribution < -0.4 is 4.57 Å². The number of aromatic nitrogens is 1. The van der Waals surface area contributed by atoms with Gasteiger partial charge in [0.1, 0.15) is 0 Å². The topological polar surface area (TPSA) is 3.88 Å². The molecule has 0 fully saturated rings. The van der Waals surface area contributed by atoms with Gasteiger partial charge in [-0.2, -0.15) is 4.57 Å². The summed E-state index contributed by atoms with van der Waals surface area (Å²) in [6, 6.07) is 6.77.